The Hall–Kier alpha value is -2.71. The topological polar surface area (TPSA) is 80.5 Å². The number of thioether (sulfide) groups is 1. The maximum atomic E-state index is 5.36. The minimum absolute atomic E-state index is 0.498. The minimum Gasteiger partial charge on any atom is -0.338 e. The lowest BCUT2D eigenvalue weighted by Gasteiger charge is -2.04. The van der Waals surface area contributed by atoms with Gasteiger partial charge >= 0.3 is 0 Å². The molecule has 3 aromatic heterocycles. The van der Waals surface area contributed by atoms with E-state index in [0.717, 1.165) is 5.56 Å². The molecule has 0 fully saturated rings. The molecular formula is C20H19N5OS2. The summed E-state index contributed by atoms with van der Waals surface area (Å²) in [6, 6.07) is 12.3. The van der Waals surface area contributed by atoms with Gasteiger partial charge in [0.1, 0.15) is 5.82 Å². The van der Waals surface area contributed by atoms with Crippen molar-refractivity contribution < 1.29 is 4.52 Å². The van der Waals surface area contributed by atoms with Crippen LogP contribution in [0, 0.1) is 0 Å². The fourth-order valence-corrected chi connectivity index (χ4v) is 3.78. The van der Waals surface area contributed by atoms with E-state index in [4.69, 9.17) is 4.52 Å². The first-order valence-electron chi connectivity index (χ1n) is 8.87. The second-order valence-corrected chi connectivity index (χ2v) is 8.35. The molecule has 0 atom stereocenters. The maximum Gasteiger partial charge on any atom is 0.237 e. The van der Waals surface area contributed by atoms with Gasteiger partial charge in [-0.2, -0.15) is 4.98 Å². The summed E-state index contributed by atoms with van der Waals surface area (Å²) in [6.07, 6.45) is 3.92. The summed E-state index contributed by atoms with van der Waals surface area (Å²) in [5, 5.41) is 13.9. The molecule has 0 bridgehead atoms. The first-order valence-corrected chi connectivity index (χ1v) is 10.7. The zero-order valence-electron chi connectivity index (χ0n) is 15.5. The zero-order chi connectivity index (χ0) is 19.3. The van der Waals surface area contributed by atoms with Crippen LogP contribution in [-0.4, -0.2) is 25.3 Å². The van der Waals surface area contributed by atoms with Crippen LogP contribution in [0.5, 0.6) is 0 Å². The molecule has 1 N–H and O–H groups in total. The lowest BCUT2D eigenvalue weighted by atomic mass is 10.0. The number of hydrogen-bond acceptors (Lipinski definition) is 7. The number of nitrogens with zero attached hydrogens (tertiary/aromatic N) is 4. The third-order valence-electron chi connectivity index (χ3n) is 4.06. The van der Waals surface area contributed by atoms with Gasteiger partial charge in [0.05, 0.1) is 5.75 Å². The van der Waals surface area contributed by atoms with Gasteiger partial charge in [-0.15, -0.1) is 16.4 Å². The van der Waals surface area contributed by atoms with Gasteiger partial charge in [-0.25, -0.2) is 4.98 Å². The van der Waals surface area contributed by atoms with Crippen LogP contribution in [0.2, 0.25) is 0 Å². The Labute approximate surface area is 171 Å². The van der Waals surface area contributed by atoms with E-state index in [1.54, 1.807) is 11.3 Å². The van der Waals surface area contributed by atoms with Crippen LogP contribution < -0.4 is 0 Å². The predicted molar refractivity (Wildman–Crippen MR) is 113 cm³/mol. The quantitative estimate of drug-likeness (QED) is 0.406. The molecule has 0 saturated heterocycles. The molecule has 4 aromatic rings. The van der Waals surface area contributed by atoms with Crippen molar-refractivity contribution in [3.63, 3.8) is 0 Å². The largest absolute Gasteiger partial charge is 0.338 e. The highest BCUT2D eigenvalue weighted by Crippen LogP contribution is 2.23. The molecule has 0 amide bonds. The molecule has 0 unspecified atom stereocenters. The molecule has 8 heteroatoms. The first kappa shape index (κ1) is 18.6. The van der Waals surface area contributed by atoms with E-state index in [0.29, 0.717) is 34.4 Å². The summed E-state index contributed by atoms with van der Waals surface area (Å²) in [4.78, 5) is 10.1. The van der Waals surface area contributed by atoms with Gasteiger partial charge in [0.25, 0.3) is 0 Å². The molecule has 0 aliphatic heterocycles. The highest BCUT2D eigenvalue weighted by Gasteiger charge is 2.11. The predicted octanol–water partition coefficient (Wildman–Crippen LogP) is 5.50. The Morgan fingerprint density at radius 3 is 2.75 bits per heavy atom. The van der Waals surface area contributed by atoms with Crippen molar-refractivity contribution >= 4 is 35.3 Å². The van der Waals surface area contributed by atoms with Crippen LogP contribution in [0.4, 0.5) is 0 Å². The molecule has 1 aromatic carbocycles. The van der Waals surface area contributed by atoms with Crippen molar-refractivity contribution in [2.75, 3.05) is 0 Å². The van der Waals surface area contributed by atoms with Crippen LogP contribution in [0.1, 0.15) is 41.9 Å². The fourth-order valence-electron chi connectivity index (χ4n) is 2.52. The number of thiophene rings is 1. The van der Waals surface area contributed by atoms with Gasteiger partial charge < -0.3 is 4.52 Å². The van der Waals surface area contributed by atoms with Crippen LogP contribution >= 0.6 is 23.1 Å². The van der Waals surface area contributed by atoms with Gasteiger partial charge in [-0.3, -0.25) is 5.10 Å². The highest BCUT2D eigenvalue weighted by molar-refractivity contribution is 7.98. The number of H-pyrrole nitrogens is 1. The van der Waals surface area contributed by atoms with Gasteiger partial charge in [-0.05, 0) is 35.1 Å². The number of nitrogens with one attached hydrogen (secondary N) is 1. The third-order valence-corrected chi connectivity index (χ3v) is 5.73. The standard InChI is InChI=1S/C20H19N5OS2/c1-13(2)14-5-7-15(8-6-14)19-22-18(26-25-19)12-28-20-21-17(23-24-20)10-9-16-4-3-11-27-16/h3-11,13H,12H2,1-2H3,(H,21,23,24)/b10-9+. The summed E-state index contributed by atoms with van der Waals surface area (Å²) >= 11 is 3.13. The molecule has 6 nitrogen and oxygen atoms in total. The van der Waals surface area contributed by atoms with Crippen molar-refractivity contribution in [2.45, 2.75) is 30.7 Å². The molecule has 0 saturated carbocycles. The van der Waals surface area contributed by atoms with Crippen molar-refractivity contribution in [1.29, 1.82) is 0 Å². The van der Waals surface area contributed by atoms with Gasteiger partial charge in [0, 0.05) is 10.4 Å². The Morgan fingerprint density at radius 2 is 2.00 bits per heavy atom. The summed E-state index contributed by atoms with van der Waals surface area (Å²) in [7, 11) is 0. The van der Waals surface area contributed by atoms with Crippen molar-refractivity contribution in [3.05, 3.63) is 63.9 Å². The van der Waals surface area contributed by atoms with Crippen molar-refractivity contribution in [2.24, 2.45) is 0 Å². The molecular weight excluding hydrogens is 390 g/mol. The number of rotatable bonds is 7. The van der Waals surface area contributed by atoms with Crippen LogP contribution in [0.15, 0.2) is 51.5 Å². The molecule has 0 radical (unpaired) electrons. The number of aromatic nitrogens is 5. The Bertz CT molecular complexity index is 1050. The van der Waals surface area contributed by atoms with E-state index < -0.39 is 0 Å². The first-order chi connectivity index (χ1) is 13.7. The SMILES string of the molecule is CC(C)c1ccc(-c2noc(CSc3n[nH]c(/C=C/c4cccs4)n3)n2)cc1. The minimum atomic E-state index is 0.498. The van der Waals surface area contributed by atoms with E-state index in [2.05, 4.69) is 57.4 Å². The van der Waals surface area contributed by atoms with E-state index in [1.807, 2.05) is 35.7 Å². The van der Waals surface area contributed by atoms with Gasteiger partial charge in [0.2, 0.25) is 16.9 Å². The maximum absolute atomic E-state index is 5.36. The van der Waals surface area contributed by atoms with E-state index in [-0.39, 0.29) is 0 Å². The highest BCUT2D eigenvalue weighted by atomic mass is 32.2. The van der Waals surface area contributed by atoms with Crippen molar-refractivity contribution in [3.8, 4) is 11.4 Å². The number of aromatic amines is 1. The Balaban J connectivity index is 1.36. The lowest BCUT2D eigenvalue weighted by molar-refractivity contribution is 0.391. The number of hydrogen-bond donors (Lipinski definition) is 1. The monoisotopic (exact) mass is 409 g/mol. The Morgan fingerprint density at radius 1 is 1.14 bits per heavy atom. The zero-order valence-corrected chi connectivity index (χ0v) is 17.1. The molecule has 142 valence electrons. The van der Waals surface area contributed by atoms with Gasteiger partial charge in [0.15, 0.2) is 0 Å². The second-order valence-electron chi connectivity index (χ2n) is 6.43. The lowest BCUT2D eigenvalue weighted by Crippen LogP contribution is -1.88. The van der Waals surface area contributed by atoms with Crippen LogP contribution in [0.3, 0.4) is 0 Å². The molecule has 3 heterocycles. The van der Waals surface area contributed by atoms with Crippen molar-refractivity contribution in [1.82, 2.24) is 25.3 Å². The van der Waals surface area contributed by atoms with Crippen LogP contribution in [0.25, 0.3) is 23.5 Å². The van der Waals surface area contributed by atoms with E-state index in [1.165, 1.54) is 22.2 Å². The van der Waals surface area contributed by atoms with E-state index >= 15 is 0 Å². The summed E-state index contributed by atoms with van der Waals surface area (Å²) in [6.45, 7) is 4.34. The molecule has 28 heavy (non-hydrogen) atoms. The van der Waals surface area contributed by atoms with Crippen LogP contribution in [-0.2, 0) is 5.75 Å². The average molecular weight is 410 g/mol. The normalized spacial score (nSPS) is 11.7. The fraction of sp³-hybridized carbons (Fsp3) is 0.200. The summed E-state index contributed by atoms with van der Waals surface area (Å²) in [5.74, 6) is 2.88. The molecule has 4 rings (SSSR count). The van der Waals surface area contributed by atoms with Gasteiger partial charge in [-0.1, -0.05) is 61.1 Å². The summed E-state index contributed by atoms with van der Waals surface area (Å²) in [5.41, 5.74) is 2.24. The molecule has 0 aliphatic carbocycles. The molecule has 0 spiro atoms. The molecule has 0 aliphatic rings. The second kappa shape index (κ2) is 8.53. The third kappa shape index (κ3) is 4.58. The van der Waals surface area contributed by atoms with E-state index in [9.17, 15) is 0 Å². The number of benzene rings is 1. The average Bonchev–Trinajstić information content (AvgIpc) is 3.46. The summed E-state index contributed by atoms with van der Waals surface area (Å²) < 4.78 is 5.36. The Kier molecular flexibility index (Phi) is 5.68. The smallest absolute Gasteiger partial charge is 0.237 e.